The van der Waals surface area contributed by atoms with Crippen molar-refractivity contribution in [3.05, 3.63) is 53.9 Å². The van der Waals surface area contributed by atoms with Gasteiger partial charge >= 0.3 is 6.18 Å². The maximum Gasteiger partial charge on any atom is 0.453 e. The number of amides is 1. The van der Waals surface area contributed by atoms with E-state index in [-0.39, 0.29) is 23.5 Å². The lowest BCUT2D eigenvalue weighted by molar-refractivity contribution is -0.146. The monoisotopic (exact) mass is 418 g/mol. The van der Waals surface area contributed by atoms with Gasteiger partial charge in [0, 0.05) is 19.0 Å². The number of fused-ring (bicyclic) bond motifs is 1. The van der Waals surface area contributed by atoms with Crippen LogP contribution in [0.2, 0.25) is 0 Å². The predicted molar refractivity (Wildman–Crippen MR) is 104 cm³/mol. The zero-order valence-corrected chi connectivity index (χ0v) is 16.3. The lowest BCUT2D eigenvalue weighted by Gasteiger charge is -2.32. The molecule has 0 bridgehead atoms. The number of benzene rings is 1. The van der Waals surface area contributed by atoms with Crippen molar-refractivity contribution in [1.82, 2.24) is 25.1 Å². The van der Waals surface area contributed by atoms with Crippen molar-refractivity contribution >= 4 is 17.4 Å². The van der Waals surface area contributed by atoms with Crippen LogP contribution in [0.5, 0.6) is 0 Å². The Bertz CT molecular complexity index is 1030. The van der Waals surface area contributed by atoms with Crippen LogP contribution >= 0.6 is 0 Å². The average molecular weight is 418 g/mol. The number of rotatable bonds is 4. The molecule has 10 heteroatoms. The molecule has 0 spiro atoms. The Labute approximate surface area is 170 Å². The minimum atomic E-state index is -4.63. The second-order valence-electron chi connectivity index (χ2n) is 7.39. The Kier molecular flexibility index (Phi) is 5.31. The summed E-state index contributed by atoms with van der Waals surface area (Å²) in [7, 11) is 0. The van der Waals surface area contributed by atoms with Crippen molar-refractivity contribution < 1.29 is 18.0 Å². The maximum atomic E-state index is 13.1. The zero-order chi connectivity index (χ0) is 21.3. The van der Waals surface area contributed by atoms with Gasteiger partial charge in [-0.15, -0.1) is 15.3 Å². The van der Waals surface area contributed by atoms with Crippen LogP contribution in [0.4, 0.5) is 19.0 Å². The van der Waals surface area contributed by atoms with Gasteiger partial charge in [0.05, 0.1) is 6.04 Å². The quantitative estimate of drug-likeness (QED) is 0.704. The second-order valence-corrected chi connectivity index (χ2v) is 7.39. The number of carbonyl (C=O) groups excluding carboxylic acids is 1. The summed E-state index contributed by atoms with van der Waals surface area (Å²) >= 11 is 0. The van der Waals surface area contributed by atoms with E-state index in [1.165, 1.54) is 6.07 Å². The fourth-order valence-electron chi connectivity index (χ4n) is 3.65. The fourth-order valence-corrected chi connectivity index (χ4v) is 3.65. The molecule has 158 valence electrons. The number of carbonyl (C=O) groups is 1. The SMILES string of the molecule is C[C@H](NC(=O)C1CCN(c2ccc3nnc(C(F)(F)F)n3n2)CC1)c1ccccc1. The molecule has 1 fully saturated rings. The Morgan fingerprint density at radius 3 is 2.47 bits per heavy atom. The second kappa shape index (κ2) is 7.92. The first-order valence-corrected chi connectivity index (χ1v) is 9.73. The molecule has 3 heterocycles. The maximum absolute atomic E-state index is 13.1. The van der Waals surface area contributed by atoms with Crippen LogP contribution in [0, 0.1) is 5.92 Å². The largest absolute Gasteiger partial charge is 0.453 e. The smallest absolute Gasteiger partial charge is 0.355 e. The zero-order valence-electron chi connectivity index (χ0n) is 16.3. The number of hydrogen-bond donors (Lipinski definition) is 1. The van der Waals surface area contributed by atoms with Crippen molar-refractivity contribution in [3.63, 3.8) is 0 Å². The molecule has 0 aliphatic carbocycles. The summed E-state index contributed by atoms with van der Waals surface area (Å²) in [5, 5.41) is 13.8. The van der Waals surface area contributed by atoms with Crippen LogP contribution in [0.25, 0.3) is 5.65 Å². The Balaban J connectivity index is 1.40. The van der Waals surface area contributed by atoms with Gasteiger partial charge in [-0.05, 0) is 37.5 Å². The van der Waals surface area contributed by atoms with Crippen molar-refractivity contribution in [2.24, 2.45) is 5.92 Å². The lowest BCUT2D eigenvalue weighted by atomic mass is 9.95. The summed E-state index contributed by atoms with van der Waals surface area (Å²) in [5.41, 5.74) is 1.07. The molecule has 1 N–H and O–H groups in total. The van der Waals surface area contributed by atoms with E-state index in [1.807, 2.05) is 42.2 Å². The summed E-state index contributed by atoms with van der Waals surface area (Å²) in [6.07, 6.45) is -3.44. The number of anilines is 1. The summed E-state index contributed by atoms with van der Waals surface area (Å²) in [6.45, 7) is 3.00. The van der Waals surface area contributed by atoms with Gasteiger partial charge in [-0.25, -0.2) is 0 Å². The normalized spacial score (nSPS) is 16.6. The van der Waals surface area contributed by atoms with Crippen molar-refractivity contribution in [1.29, 1.82) is 0 Å². The summed E-state index contributed by atoms with van der Waals surface area (Å²) in [5.74, 6) is -0.891. The molecule has 3 aromatic rings. The van der Waals surface area contributed by atoms with Crippen LogP contribution in [0.3, 0.4) is 0 Å². The highest BCUT2D eigenvalue weighted by Gasteiger charge is 2.38. The predicted octanol–water partition coefficient (Wildman–Crippen LogP) is 3.24. The topological polar surface area (TPSA) is 75.4 Å². The van der Waals surface area contributed by atoms with E-state index < -0.39 is 12.0 Å². The van der Waals surface area contributed by atoms with Gasteiger partial charge in [0.25, 0.3) is 5.82 Å². The van der Waals surface area contributed by atoms with Crippen molar-refractivity contribution in [3.8, 4) is 0 Å². The first-order chi connectivity index (χ1) is 14.3. The highest BCUT2D eigenvalue weighted by Crippen LogP contribution is 2.29. The summed E-state index contributed by atoms with van der Waals surface area (Å²) in [4.78, 5) is 14.5. The number of halogens is 3. The van der Waals surface area contributed by atoms with E-state index in [9.17, 15) is 18.0 Å². The number of nitrogens with zero attached hydrogens (tertiary/aromatic N) is 5. The Morgan fingerprint density at radius 2 is 1.80 bits per heavy atom. The van der Waals surface area contributed by atoms with Gasteiger partial charge in [0.2, 0.25) is 5.91 Å². The molecular weight excluding hydrogens is 397 g/mol. The van der Waals surface area contributed by atoms with Gasteiger partial charge < -0.3 is 10.2 Å². The third kappa shape index (κ3) is 4.07. The molecule has 0 radical (unpaired) electrons. The fraction of sp³-hybridized carbons (Fsp3) is 0.400. The van der Waals surface area contributed by atoms with E-state index >= 15 is 0 Å². The minimum Gasteiger partial charge on any atom is -0.355 e. The van der Waals surface area contributed by atoms with E-state index in [0.29, 0.717) is 31.7 Å². The molecule has 1 amide bonds. The number of alkyl halides is 3. The van der Waals surface area contributed by atoms with Gasteiger partial charge in [-0.2, -0.15) is 17.7 Å². The van der Waals surface area contributed by atoms with Crippen molar-refractivity contribution in [2.45, 2.75) is 32.0 Å². The molecule has 1 atom stereocenters. The standard InChI is InChI=1S/C20H21F3N6O/c1-13(14-5-3-2-4-6-14)24-18(30)15-9-11-28(12-10-15)17-8-7-16-25-26-19(20(21,22)23)29(16)27-17/h2-8,13,15H,9-12H2,1H3,(H,24,30)/t13-/m0/s1. The molecular formula is C20H21F3N6O. The minimum absolute atomic E-state index is 0.00687. The molecule has 0 unspecified atom stereocenters. The Morgan fingerprint density at radius 1 is 1.10 bits per heavy atom. The first-order valence-electron chi connectivity index (χ1n) is 9.73. The van der Waals surface area contributed by atoms with Crippen molar-refractivity contribution in [2.75, 3.05) is 18.0 Å². The highest BCUT2D eigenvalue weighted by molar-refractivity contribution is 5.79. The van der Waals surface area contributed by atoms with Gasteiger partial charge in [0.1, 0.15) is 5.82 Å². The molecule has 2 aromatic heterocycles. The summed E-state index contributed by atoms with van der Waals surface area (Å²) in [6, 6.07) is 12.7. The molecule has 30 heavy (non-hydrogen) atoms. The summed E-state index contributed by atoms with van der Waals surface area (Å²) < 4.78 is 39.9. The van der Waals surface area contributed by atoms with E-state index in [4.69, 9.17) is 0 Å². The Hall–Kier alpha value is -3.17. The first kappa shape index (κ1) is 20.1. The molecule has 1 saturated heterocycles. The molecule has 1 aliphatic rings. The van der Waals surface area contributed by atoms with Gasteiger partial charge in [-0.3, -0.25) is 4.79 Å². The number of hydrogen-bond acceptors (Lipinski definition) is 5. The third-order valence-electron chi connectivity index (χ3n) is 5.35. The molecule has 1 aliphatic heterocycles. The molecule has 4 rings (SSSR count). The van der Waals surface area contributed by atoms with Crippen LogP contribution in [-0.2, 0) is 11.0 Å². The van der Waals surface area contributed by atoms with Crippen LogP contribution < -0.4 is 10.2 Å². The lowest BCUT2D eigenvalue weighted by Crippen LogP contribution is -2.41. The van der Waals surface area contributed by atoms with E-state index in [2.05, 4.69) is 20.6 Å². The average Bonchev–Trinajstić information content (AvgIpc) is 3.18. The number of aromatic nitrogens is 4. The third-order valence-corrected chi connectivity index (χ3v) is 5.35. The van der Waals surface area contributed by atoms with Crippen LogP contribution in [0.15, 0.2) is 42.5 Å². The van der Waals surface area contributed by atoms with Gasteiger partial charge in [0.15, 0.2) is 5.65 Å². The van der Waals surface area contributed by atoms with Gasteiger partial charge in [-0.1, -0.05) is 30.3 Å². The molecule has 7 nitrogen and oxygen atoms in total. The number of piperidine rings is 1. The van der Waals surface area contributed by atoms with E-state index in [1.54, 1.807) is 6.07 Å². The van der Waals surface area contributed by atoms with Crippen LogP contribution in [0.1, 0.15) is 37.2 Å². The molecule has 1 aromatic carbocycles. The molecule has 0 saturated carbocycles. The van der Waals surface area contributed by atoms with Crippen LogP contribution in [-0.4, -0.2) is 38.8 Å². The van der Waals surface area contributed by atoms with E-state index in [0.717, 1.165) is 10.1 Å². The highest BCUT2D eigenvalue weighted by atomic mass is 19.4. The number of nitrogens with one attached hydrogen (secondary N) is 1.